The van der Waals surface area contributed by atoms with E-state index in [9.17, 15) is 4.79 Å². The molecule has 4 heteroatoms. The van der Waals surface area contributed by atoms with Crippen LogP contribution in [-0.4, -0.2) is 28.9 Å². The van der Waals surface area contributed by atoms with Crippen LogP contribution in [0.4, 0.5) is 0 Å². The first-order valence-electron chi connectivity index (χ1n) is 9.71. The minimum Gasteiger partial charge on any atom is -0.494 e. The lowest BCUT2D eigenvalue weighted by atomic mass is 10.0. The van der Waals surface area contributed by atoms with Gasteiger partial charge in [0.2, 0.25) is 0 Å². The summed E-state index contributed by atoms with van der Waals surface area (Å²) >= 11 is 0. The molecule has 0 saturated carbocycles. The third-order valence-corrected chi connectivity index (χ3v) is 5.64. The van der Waals surface area contributed by atoms with Crippen molar-refractivity contribution < 1.29 is 9.53 Å². The van der Waals surface area contributed by atoms with Crippen LogP contribution in [0.3, 0.4) is 0 Å². The van der Waals surface area contributed by atoms with E-state index in [0.29, 0.717) is 6.61 Å². The van der Waals surface area contributed by atoms with Crippen molar-refractivity contribution >= 4 is 16.8 Å². The molecule has 1 saturated heterocycles. The van der Waals surface area contributed by atoms with Gasteiger partial charge in [-0.05, 0) is 75.1 Å². The normalized spacial score (nSPS) is 16.9. The largest absolute Gasteiger partial charge is 0.494 e. The van der Waals surface area contributed by atoms with Crippen LogP contribution in [-0.2, 0) is 0 Å². The molecule has 1 aromatic heterocycles. The van der Waals surface area contributed by atoms with Crippen LogP contribution < -0.4 is 4.74 Å². The molecule has 1 N–H and O–H groups in total. The Hall–Kier alpha value is -2.75. The number of carbonyl (C=O) groups is 1. The van der Waals surface area contributed by atoms with Crippen molar-refractivity contribution in [3.05, 3.63) is 64.8 Å². The zero-order valence-electron chi connectivity index (χ0n) is 16.2. The predicted molar refractivity (Wildman–Crippen MR) is 108 cm³/mol. The fourth-order valence-electron chi connectivity index (χ4n) is 4.07. The number of carbonyl (C=O) groups excluding carboxylic acids is 1. The molecule has 1 unspecified atom stereocenters. The number of likely N-dealkylation sites (tertiary alicyclic amines) is 1. The lowest BCUT2D eigenvalue weighted by molar-refractivity contribution is 0.0736. The Kier molecular flexibility index (Phi) is 4.65. The first-order chi connectivity index (χ1) is 13.1. The molecule has 1 amide bonds. The third kappa shape index (κ3) is 3.20. The number of hydrogen-bond acceptors (Lipinski definition) is 2. The summed E-state index contributed by atoms with van der Waals surface area (Å²) in [6, 6.07) is 14.3. The maximum atomic E-state index is 13.3. The molecule has 1 atom stereocenters. The summed E-state index contributed by atoms with van der Waals surface area (Å²) in [6.45, 7) is 7.61. The molecule has 0 bridgehead atoms. The summed E-state index contributed by atoms with van der Waals surface area (Å²) in [6.07, 6.45) is 2.04. The molecule has 1 fully saturated rings. The fourth-order valence-corrected chi connectivity index (χ4v) is 4.07. The molecule has 1 aliphatic rings. The number of amides is 1. The van der Waals surface area contributed by atoms with Gasteiger partial charge in [-0.3, -0.25) is 4.79 Å². The Balaban J connectivity index is 1.61. The van der Waals surface area contributed by atoms with Crippen LogP contribution in [0.5, 0.6) is 5.75 Å². The van der Waals surface area contributed by atoms with Crippen LogP contribution in [0.15, 0.2) is 42.5 Å². The molecule has 4 rings (SSSR count). The van der Waals surface area contributed by atoms with Gasteiger partial charge in [-0.25, -0.2) is 0 Å². The van der Waals surface area contributed by atoms with Crippen molar-refractivity contribution in [2.24, 2.45) is 0 Å². The van der Waals surface area contributed by atoms with E-state index in [1.807, 2.05) is 42.2 Å². The predicted octanol–water partition coefficient (Wildman–Crippen LogP) is 5.16. The minimum atomic E-state index is 0.117. The highest BCUT2D eigenvalue weighted by atomic mass is 16.5. The van der Waals surface area contributed by atoms with Gasteiger partial charge in [-0.1, -0.05) is 12.1 Å². The number of benzene rings is 2. The number of fused-ring (bicyclic) bond motifs is 1. The van der Waals surface area contributed by atoms with Crippen LogP contribution in [0.25, 0.3) is 10.9 Å². The van der Waals surface area contributed by atoms with Gasteiger partial charge in [0.1, 0.15) is 5.75 Å². The molecular weight excluding hydrogens is 336 g/mol. The summed E-state index contributed by atoms with van der Waals surface area (Å²) in [5, 5.41) is 1.13. The van der Waals surface area contributed by atoms with Crippen LogP contribution in [0.1, 0.15) is 53.0 Å². The number of aryl methyl sites for hydroxylation is 2. The highest BCUT2D eigenvalue weighted by Crippen LogP contribution is 2.34. The zero-order valence-corrected chi connectivity index (χ0v) is 16.2. The number of nitrogens with zero attached hydrogens (tertiary/aromatic N) is 1. The molecule has 27 heavy (non-hydrogen) atoms. The number of aromatic amines is 1. The number of H-pyrrole nitrogens is 1. The summed E-state index contributed by atoms with van der Waals surface area (Å²) in [7, 11) is 0. The highest BCUT2D eigenvalue weighted by Gasteiger charge is 2.30. The first kappa shape index (κ1) is 17.7. The Morgan fingerprint density at radius 2 is 1.96 bits per heavy atom. The molecule has 2 heterocycles. The van der Waals surface area contributed by atoms with Gasteiger partial charge in [0.05, 0.1) is 12.6 Å². The van der Waals surface area contributed by atoms with Crippen LogP contribution in [0, 0.1) is 13.8 Å². The van der Waals surface area contributed by atoms with Gasteiger partial charge in [-0.2, -0.15) is 0 Å². The number of nitrogens with one attached hydrogen (secondary N) is 1. The van der Waals surface area contributed by atoms with Gasteiger partial charge in [0.15, 0.2) is 0 Å². The second-order valence-corrected chi connectivity index (χ2v) is 7.29. The fraction of sp³-hybridized carbons (Fsp3) is 0.348. The molecule has 140 valence electrons. The van der Waals surface area contributed by atoms with Crippen molar-refractivity contribution in [3.63, 3.8) is 0 Å². The Morgan fingerprint density at radius 1 is 1.19 bits per heavy atom. The Morgan fingerprint density at radius 3 is 2.70 bits per heavy atom. The van der Waals surface area contributed by atoms with E-state index in [4.69, 9.17) is 4.74 Å². The molecule has 0 radical (unpaired) electrons. The molecule has 4 nitrogen and oxygen atoms in total. The average molecular weight is 362 g/mol. The van der Waals surface area contributed by atoms with Crippen LogP contribution in [0.2, 0.25) is 0 Å². The first-order valence-corrected chi connectivity index (χ1v) is 9.71. The molecular formula is C23H26N2O2. The van der Waals surface area contributed by atoms with Crippen molar-refractivity contribution in [1.82, 2.24) is 9.88 Å². The smallest absolute Gasteiger partial charge is 0.254 e. The average Bonchev–Trinajstić information content (AvgIpc) is 3.27. The van der Waals surface area contributed by atoms with E-state index < -0.39 is 0 Å². The number of hydrogen-bond donors (Lipinski definition) is 1. The third-order valence-electron chi connectivity index (χ3n) is 5.64. The van der Waals surface area contributed by atoms with Gasteiger partial charge in [0, 0.05) is 28.7 Å². The summed E-state index contributed by atoms with van der Waals surface area (Å²) in [5.41, 5.74) is 5.40. The quantitative estimate of drug-likeness (QED) is 0.697. The second-order valence-electron chi connectivity index (χ2n) is 7.29. The molecule has 0 spiro atoms. The monoisotopic (exact) mass is 362 g/mol. The Labute approximate surface area is 160 Å². The molecule has 3 aromatic rings. The number of aromatic nitrogens is 1. The van der Waals surface area contributed by atoms with Gasteiger partial charge in [0.25, 0.3) is 5.91 Å². The van der Waals surface area contributed by atoms with E-state index in [1.165, 1.54) is 11.1 Å². The molecule has 2 aromatic carbocycles. The Bertz CT molecular complexity index is 972. The summed E-state index contributed by atoms with van der Waals surface area (Å²) in [4.78, 5) is 18.6. The molecule has 1 aliphatic heterocycles. The number of ether oxygens (including phenoxy) is 1. The van der Waals surface area contributed by atoms with Gasteiger partial charge < -0.3 is 14.6 Å². The van der Waals surface area contributed by atoms with Crippen LogP contribution >= 0.6 is 0 Å². The second kappa shape index (κ2) is 7.10. The summed E-state index contributed by atoms with van der Waals surface area (Å²) in [5.74, 6) is 0.993. The minimum absolute atomic E-state index is 0.117. The number of rotatable bonds is 4. The van der Waals surface area contributed by atoms with Gasteiger partial charge in [-0.15, -0.1) is 0 Å². The van der Waals surface area contributed by atoms with E-state index in [-0.39, 0.29) is 11.9 Å². The van der Waals surface area contributed by atoms with E-state index in [1.54, 1.807) is 0 Å². The van der Waals surface area contributed by atoms with E-state index in [2.05, 4.69) is 31.0 Å². The van der Waals surface area contributed by atoms with Crippen molar-refractivity contribution in [1.29, 1.82) is 0 Å². The lowest BCUT2D eigenvalue weighted by Crippen LogP contribution is -2.30. The summed E-state index contributed by atoms with van der Waals surface area (Å²) < 4.78 is 5.54. The maximum Gasteiger partial charge on any atom is 0.254 e. The van der Waals surface area contributed by atoms with E-state index >= 15 is 0 Å². The molecule has 0 aliphatic carbocycles. The van der Waals surface area contributed by atoms with Crippen molar-refractivity contribution in [2.75, 3.05) is 13.2 Å². The van der Waals surface area contributed by atoms with E-state index in [0.717, 1.165) is 47.3 Å². The van der Waals surface area contributed by atoms with Gasteiger partial charge >= 0.3 is 0 Å². The highest BCUT2D eigenvalue weighted by molar-refractivity contribution is 5.99. The topological polar surface area (TPSA) is 45.3 Å². The standard InChI is InChI=1S/C23H26N2O2/c1-4-27-19-10-7-17(8-11-19)22-6-5-13-25(22)23(26)18-9-12-21-20(14-18)15(2)16(3)24-21/h7-12,14,22,24H,4-6,13H2,1-3H3. The van der Waals surface area contributed by atoms with Crippen molar-refractivity contribution in [3.8, 4) is 5.75 Å². The maximum absolute atomic E-state index is 13.3. The van der Waals surface area contributed by atoms with Crippen molar-refractivity contribution in [2.45, 2.75) is 39.7 Å². The SMILES string of the molecule is CCOc1ccc(C2CCCN2C(=O)c2ccc3[nH]c(C)c(C)c3c2)cc1. The lowest BCUT2D eigenvalue weighted by Gasteiger charge is -2.25. The zero-order chi connectivity index (χ0) is 19.0.